The number of hydrogen-bond acceptors (Lipinski definition) is 0. The van der Waals surface area contributed by atoms with Crippen molar-refractivity contribution in [1.82, 2.24) is 0 Å². The minimum absolute atomic E-state index is 0. The number of rotatable bonds is 0. The molecule has 0 aliphatic carbocycles. The van der Waals surface area contributed by atoms with Crippen molar-refractivity contribution in [3.8, 4) is 0 Å². The maximum Gasteiger partial charge on any atom is 0.0411 e. The van der Waals surface area contributed by atoms with Crippen LogP contribution in [0.15, 0.2) is 0 Å². The van der Waals surface area contributed by atoms with Crippen LogP contribution in [0, 0.1) is 0 Å². The third-order valence-electron chi connectivity index (χ3n) is 0. The van der Waals surface area contributed by atoms with Crippen LogP contribution in [0.1, 0.15) is 0 Å². The fraction of sp³-hybridized carbons (Fsp3) is 1.00. The topological polar surface area (TPSA) is 0 Å². The van der Waals surface area contributed by atoms with E-state index in [1.165, 1.54) is 0 Å². The number of halogens is 1. The fourth-order valence-corrected chi connectivity index (χ4v) is 0. The molecule has 0 fully saturated rings. The van der Waals surface area contributed by atoms with Gasteiger partial charge in [-0.2, -0.15) is 0 Å². The van der Waals surface area contributed by atoms with Gasteiger partial charge < -0.3 is 0 Å². The van der Waals surface area contributed by atoms with Crippen LogP contribution in [-0.4, -0.2) is 8.07 Å². The van der Waals surface area contributed by atoms with Gasteiger partial charge in [0.05, 0.1) is 0 Å². The third-order valence-corrected chi connectivity index (χ3v) is 0. The molecule has 0 nitrogen and oxygen atoms in total. The maximum absolute atomic E-state index is 2.33. The van der Waals surface area contributed by atoms with Gasteiger partial charge in [-0.25, -0.2) is 0 Å². The Balaban J connectivity index is 0. The van der Waals surface area contributed by atoms with Crippen LogP contribution in [0.2, 0.25) is 26.2 Å². The van der Waals surface area contributed by atoms with Crippen molar-refractivity contribution in [3.63, 3.8) is 0 Å². The first-order valence-corrected chi connectivity index (χ1v) is 6.00. The van der Waals surface area contributed by atoms with E-state index in [0.29, 0.717) is 0 Å². The summed E-state index contributed by atoms with van der Waals surface area (Å²) in [6.07, 6.45) is 0. The van der Waals surface area contributed by atoms with E-state index in [1.807, 2.05) is 0 Å². The molecule has 0 aromatic heterocycles. The molecular weight excluding hydrogens is 95.1 g/mol. The Morgan fingerprint density at radius 1 is 0.833 bits per heavy atom. The molecule has 0 unspecified atom stereocenters. The molecule has 0 radical (unpaired) electrons. The van der Waals surface area contributed by atoms with Crippen LogP contribution in [0.4, 0.5) is 4.70 Å². The van der Waals surface area contributed by atoms with Crippen LogP contribution in [0.5, 0.6) is 0 Å². The zero-order valence-electron chi connectivity index (χ0n) is 4.91. The van der Waals surface area contributed by atoms with E-state index < -0.39 is 8.07 Å². The molecule has 0 aromatic carbocycles. The van der Waals surface area contributed by atoms with E-state index in [9.17, 15) is 0 Å². The van der Waals surface area contributed by atoms with Gasteiger partial charge in [0.15, 0.2) is 0 Å². The second kappa shape index (κ2) is 2.34. The normalized spacial score (nSPS) is 10.0. The largest absolute Gasteiger partial charge is 0.269 e. The van der Waals surface area contributed by atoms with Gasteiger partial charge in [0, 0.05) is 8.07 Å². The Kier molecular flexibility index (Phi) is 3.70. The average Bonchev–Trinajstić information content (AvgIpc) is 0.722. The molecule has 0 aliphatic rings. The van der Waals surface area contributed by atoms with Crippen LogP contribution in [0.3, 0.4) is 0 Å². The van der Waals surface area contributed by atoms with Crippen molar-refractivity contribution in [2.75, 3.05) is 0 Å². The van der Waals surface area contributed by atoms with Gasteiger partial charge in [-0.1, -0.05) is 26.2 Å². The summed E-state index contributed by atoms with van der Waals surface area (Å²) in [5, 5.41) is 0. The second-order valence-electron chi connectivity index (χ2n) is 3.00. The molecule has 0 atom stereocenters. The molecule has 0 rings (SSSR count). The number of hydrogen-bond donors (Lipinski definition) is 0. The van der Waals surface area contributed by atoms with Crippen LogP contribution < -0.4 is 0 Å². The molecule has 0 aliphatic heterocycles. The molecule has 0 bridgehead atoms. The summed E-state index contributed by atoms with van der Waals surface area (Å²) < 4.78 is 0. The van der Waals surface area contributed by atoms with Crippen molar-refractivity contribution >= 4 is 8.07 Å². The van der Waals surface area contributed by atoms with Crippen molar-refractivity contribution in [3.05, 3.63) is 0 Å². The van der Waals surface area contributed by atoms with Crippen molar-refractivity contribution in [2.45, 2.75) is 26.2 Å². The predicted molar refractivity (Wildman–Crippen MR) is 31.7 cm³/mol. The first-order valence-electron chi connectivity index (χ1n) is 2.00. The minimum Gasteiger partial charge on any atom is -0.269 e. The summed E-state index contributed by atoms with van der Waals surface area (Å²) in [6, 6.07) is 0. The Labute approximate surface area is 39.9 Å². The van der Waals surface area contributed by atoms with Crippen molar-refractivity contribution in [1.29, 1.82) is 0 Å². The Morgan fingerprint density at radius 2 is 0.833 bits per heavy atom. The maximum atomic E-state index is 2.33. The van der Waals surface area contributed by atoms with E-state index in [0.717, 1.165) is 0 Å². The summed E-state index contributed by atoms with van der Waals surface area (Å²) in [4.78, 5) is 0. The summed E-state index contributed by atoms with van der Waals surface area (Å²) in [6.45, 7) is 9.31. The SMILES string of the molecule is C[Si](C)(C)C.F. The Hall–Kier alpha value is 0.147. The third kappa shape index (κ3) is 1900. The molecule has 0 aromatic rings. The lowest BCUT2D eigenvalue weighted by atomic mass is 11.8. The van der Waals surface area contributed by atoms with Gasteiger partial charge in [0.1, 0.15) is 0 Å². The van der Waals surface area contributed by atoms with E-state index in [-0.39, 0.29) is 4.70 Å². The second-order valence-corrected chi connectivity index (χ2v) is 9.00. The standard InChI is InChI=1S/C4H12Si.FH/c1-5(2,3)4;/h1-4H3;1H. The molecule has 0 saturated heterocycles. The zero-order valence-corrected chi connectivity index (χ0v) is 5.91. The van der Waals surface area contributed by atoms with Crippen molar-refractivity contribution in [2.24, 2.45) is 0 Å². The van der Waals surface area contributed by atoms with E-state index in [1.54, 1.807) is 0 Å². The lowest BCUT2D eigenvalue weighted by Gasteiger charge is -2.01. The summed E-state index contributed by atoms with van der Waals surface area (Å²) in [5.41, 5.74) is 0. The Bertz CT molecular complexity index is 23.0. The smallest absolute Gasteiger partial charge is 0.0411 e. The molecule has 0 heterocycles. The summed E-state index contributed by atoms with van der Waals surface area (Å²) >= 11 is 0. The highest BCUT2D eigenvalue weighted by atomic mass is 28.3. The quantitative estimate of drug-likeness (QED) is 0.417. The van der Waals surface area contributed by atoms with Gasteiger partial charge in [0.25, 0.3) is 0 Å². The molecule has 6 heavy (non-hydrogen) atoms. The molecule has 2 heteroatoms. The molecule has 0 amide bonds. The van der Waals surface area contributed by atoms with Crippen LogP contribution >= 0.6 is 0 Å². The molecule has 0 N–H and O–H groups in total. The molecule has 40 valence electrons. The first-order chi connectivity index (χ1) is 2.00. The highest BCUT2D eigenvalue weighted by Crippen LogP contribution is 1.94. The van der Waals surface area contributed by atoms with Crippen LogP contribution in [-0.2, 0) is 0 Å². The fourth-order valence-electron chi connectivity index (χ4n) is 0. The lowest BCUT2D eigenvalue weighted by molar-refractivity contribution is 1.11. The summed E-state index contributed by atoms with van der Waals surface area (Å²) in [7, 11) is -0.611. The van der Waals surface area contributed by atoms with E-state index in [2.05, 4.69) is 26.2 Å². The molecule has 0 saturated carbocycles. The highest BCUT2D eigenvalue weighted by Gasteiger charge is 1.99. The van der Waals surface area contributed by atoms with Gasteiger partial charge in [-0.15, -0.1) is 0 Å². The average molecular weight is 108 g/mol. The minimum atomic E-state index is -0.611. The summed E-state index contributed by atoms with van der Waals surface area (Å²) in [5.74, 6) is 0. The molecular formula is C4H13FSi. The van der Waals surface area contributed by atoms with E-state index in [4.69, 9.17) is 0 Å². The van der Waals surface area contributed by atoms with Crippen LogP contribution in [0.25, 0.3) is 0 Å². The van der Waals surface area contributed by atoms with E-state index >= 15 is 0 Å². The van der Waals surface area contributed by atoms with Crippen molar-refractivity contribution < 1.29 is 4.70 Å². The van der Waals surface area contributed by atoms with Gasteiger partial charge in [-0.3, -0.25) is 4.70 Å². The van der Waals surface area contributed by atoms with Gasteiger partial charge in [0.2, 0.25) is 0 Å². The lowest BCUT2D eigenvalue weighted by Crippen LogP contribution is -2.10. The predicted octanol–water partition coefficient (Wildman–Crippen LogP) is 2.11. The first kappa shape index (κ1) is 9.47. The van der Waals surface area contributed by atoms with Gasteiger partial charge >= 0.3 is 0 Å². The Morgan fingerprint density at radius 3 is 0.833 bits per heavy atom. The molecule has 0 spiro atoms. The van der Waals surface area contributed by atoms with Gasteiger partial charge in [-0.05, 0) is 0 Å². The highest BCUT2D eigenvalue weighted by molar-refractivity contribution is 6.74. The monoisotopic (exact) mass is 108 g/mol. The zero-order chi connectivity index (χ0) is 4.50.